The molecule has 1 aliphatic heterocycles. The van der Waals surface area contributed by atoms with Crippen molar-refractivity contribution in [3.8, 4) is 0 Å². The van der Waals surface area contributed by atoms with E-state index in [2.05, 4.69) is 55.4 Å². The Kier molecular flexibility index (Phi) is 5.62. The van der Waals surface area contributed by atoms with Crippen molar-refractivity contribution in [2.75, 3.05) is 26.7 Å². The van der Waals surface area contributed by atoms with Crippen molar-refractivity contribution in [1.82, 2.24) is 10.2 Å². The summed E-state index contributed by atoms with van der Waals surface area (Å²) in [6.45, 7) is 9.24. The van der Waals surface area contributed by atoms with Gasteiger partial charge in [-0.1, -0.05) is 37.6 Å². The zero-order chi connectivity index (χ0) is 14.4. The van der Waals surface area contributed by atoms with Crippen molar-refractivity contribution < 1.29 is 0 Å². The van der Waals surface area contributed by atoms with Crippen LogP contribution in [0.2, 0.25) is 0 Å². The number of piperidine rings is 1. The molecule has 1 aromatic rings. The van der Waals surface area contributed by atoms with Crippen LogP contribution < -0.4 is 5.32 Å². The summed E-state index contributed by atoms with van der Waals surface area (Å²) in [6, 6.07) is 8.77. The number of benzene rings is 1. The number of nitrogens with one attached hydrogen (secondary N) is 1. The SMILES string of the molecule is CCCC1(CN(C)Cc2ccccc2C)CCNCC1. The second-order valence-corrected chi connectivity index (χ2v) is 6.60. The van der Waals surface area contributed by atoms with Crippen LogP contribution in [0.3, 0.4) is 0 Å². The predicted molar refractivity (Wildman–Crippen MR) is 87.0 cm³/mol. The molecule has 0 atom stereocenters. The maximum atomic E-state index is 3.51. The Morgan fingerprint density at radius 2 is 1.90 bits per heavy atom. The minimum Gasteiger partial charge on any atom is -0.317 e. The monoisotopic (exact) mass is 274 g/mol. The second kappa shape index (κ2) is 7.24. The number of hydrogen-bond acceptors (Lipinski definition) is 2. The Balaban J connectivity index is 1.98. The Morgan fingerprint density at radius 1 is 1.20 bits per heavy atom. The zero-order valence-corrected chi connectivity index (χ0v) is 13.4. The van der Waals surface area contributed by atoms with Crippen molar-refractivity contribution in [2.24, 2.45) is 5.41 Å². The maximum absolute atomic E-state index is 3.51. The molecule has 1 N–H and O–H groups in total. The van der Waals surface area contributed by atoms with E-state index in [1.807, 2.05) is 0 Å². The van der Waals surface area contributed by atoms with E-state index in [-0.39, 0.29) is 0 Å². The minimum absolute atomic E-state index is 0.539. The van der Waals surface area contributed by atoms with E-state index in [0.29, 0.717) is 5.41 Å². The van der Waals surface area contributed by atoms with Gasteiger partial charge in [0.2, 0.25) is 0 Å². The molecule has 0 aliphatic carbocycles. The normalized spacial score (nSPS) is 18.4. The Hall–Kier alpha value is -0.860. The molecule has 2 nitrogen and oxygen atoms in total. The van der Waals surface area contributed by atoms with Crippen LogP contribution in [0, 0.1) is 12.3 Å². The summed E-state index contributed by atoms with van der Waals surface area (Å²) < 4.78 is 0. The molecule has 0 radical (unpaired) electrons. The molecule has 0 spiro atoms. The summed E-state index contributed by atoms with van der Waals surface area (Å²) in [5.74, 6) is 0. The minimum atomic E-state index is 0.539. The highest BCUT2D eigenvalue weighted by Crippen LogP contribution is 2.35. The molecule has 2 heteroatoms. The second-order valence-electron chi connectivity index (χ2n) is 6.60. The van der Waals surface area contributed by atoms with E-state index in [1.54, 1.807) is 0 Å². The highest BCUT2D eigenvalue weighted by atomic mass is 15.1. The van der Waals surface area contributed by atoms with Crippen LogP contribution in [0.1, 0.15) is 43.7 Å². The Labute approximate surface area is 124 Å². The van der Waals surface area contributed by atoms with Gasteiger partial charge >= 0.3 is 0 Å². The fraction of sp³-hybridized carbons (Fsp3) is 0.667. The molecular formula is C18H30N2. The third kappa shape index (κ3) is 4.07. The van der Waals surface area contributed by atoms with Crippen LogP contribution in [-0.2, 0) is 6.54 Å². The first-order chi connectivity index (χ1) is 9.65. The number of rotatable bonds is 6. The van der Waals surface area contributed by atoms with Crippen LogP contribution in [0.5, 0.6) is 0 Å². The van der Waals surface area contributed by atoms with Crippen molar-refractivity contribution in [3.63, 3.8) is 0 Å². The third-order valence-electron chi connectivity index (χ3n) is 4.75. The van der Waals surface area contributed by atoms with E-state index in [0.717, 1.165) is 6.54 Å². The Bertz CT molecular complexity index is 402. The summed E-state index contributed by atoms with van der Waals surface area (Å²) in [5.41, 5.74) is 3.42. The average molecular weight is 274 g/mol. The van der Waals surface area contributed by atoms with Gasteiger partial charge in [-0.25, -0.2) is 0 Å². The first kappa shape index (κ1) is 15.5. The van der Waals surface area contributed by atoms with Crippen LogP contribution in [0.15, 0.2) is 24.3 Å². The number of nitrogens with zero attached hydrogens (tertiary/aromatic N) is 1. The lowest BCUT2D eigenvalue weighted by Crippen LogP contribution is -2.43. The molecule has 0 aromatic heterocycles. The van der Waals surface area contributed by atoms with E-state index >= 15 is 0 Å². The van der Waals surface area contributed by atoms with Crippen LogP contribution >= 0.6 is 0 Å². The van der Waals surface area contributed by atoms with E-state index in [9.17, 15) is 0 Å². The summed E-state index contributed by atoms with van der Waals surface area (Å²) >= 11 is 0. The summed E-state index contributed by atoms with van der Waals surface area (Å²) in [4.78, 5) is 2.53. The predicted octanol–water partition coefficient (Wildman–Crippen LogP) is 3.60. The van der Waals surface area contributed by atoms with Crippen molar-refractivity contribution in [2.45, 2.75) is 46.1 Å². The smallest absolute Gasteiger partial charge is 0.0233 e. The summed E-state index contributed by atoms with van der Waals surface area (Å²) in [6.07, 6.45) is 5.34. The van der Waals surface area contributed by atoms with E-state index in [4.69, 9.17) is 0 Å². The molecule has 1 heterocycles. The van der Waals surface area contributed by atoms with Gasteiger partial charge in [-0.2, -0.15) is 0 Å². The van der Waals surface area contributed by atoms with E-state index < -0.39 is 0 Å². The molecule has 2 rings (SSSR count). The fourth-order valence-electron chi connectivity index (χ4n) is 3.68. The van der Waals surface area contributed by atoms with Crippen molar-refractivity contribution in [3.05, 3.63) is 35.4 Å². The molecule has 20 heavy (non-hydrogen) atoms. The lowest BCUT2D eigenvalue weighted by molar-refractivity contribution is 0.112. The van der Waals surface area contributed by atoms with Gasteiger partial charge in [0.05, 0.1) is 0 Å². The molecule has 112 valence electrons. The molecule has 0 saturated carbocycles. The summed E-state index contributed by atoms with van der Waals surface area (Å²) in [7, 11) is 2.28. The summed E-state index contributed by atoms with van der Waals surface area (Å²) in [5, 5.41) is 3.51. The average Bonchev–Trinajstić information content (AvgIpc) is 2.42. The molecular weight excluding hydrogens is 244 g/mol. The largest absolute Gasteiger partial charge is 0.317 e. The quantitative estimate of drug-likeness (QED) is 0.852. The van der Waals surface area contributed by atoms with Gasteiger partial charge < -0.3 is 10.2 Å². The lowest BCUT2D eigenvalue weighted by atomic mass is 9.75. The molecule has 1 aliphatic rings. The fourth-order valence-corrected chi connectivity index (χ4v) is 3.68. The van der Waals surface area contributed by atoms with Gasteiger partial charge in [0.15, 0.2) is 0 Å². The van der Waals surface area contributed by atoms with Gasteiger partial charge in [-0.05, 0) is 62.9 Å². The third-order valence-corrected chi connectivity index (χ3v) is 4.75. The topological polar surface area (TPSA) is 15.3 Å². The molecule has 0 unspecified atom stereocenters. The zero-order valence-electron chi connectivity index (χ0n) is 13.4. The van der Waals surface area contributed by atoms with Crippen LogP contribution in [0.4, 0.5) is 0 Å². The van der Waals surface area contributed by atoms with Gasteiger partial charge in [0.25, 0.3) is 0 Å². The highest BCUT2D eigenvalue weighted by molar-refractivity contribution is 5.25. The first-order valence-electron chi connectivity index (χ1n) is 8.09. The first-order valence-corrected chi connectivity index (χ1v) is 8.09. The number of hydrogen-bond donors (Lipinski definition) is 1. The van der Waals surface area contributed by atoms with Crippen LogP contribution in [-0.4, -0.2) is 31.6 Å². The lowest BCUT2D eigenvalue weighted by Gasteiger charge is -2.40. The maximum Gasteiger partial charge on any atom is 0.0233 e. The van der Waals surface area contributed by atoms with Gasteiger partial charge in [-0.15, -0.1) is 0 Å². The molecule has 0 bridgehead atoms. The van der Waals surface area contributed by atoms with Gasteiger partial charge in [0, 0.05) is 13.1 Å². The van der Waals surface area contributed by atoms with Crippen molar-refractivity contribution >= 4 is 0 Å². The molecule has 1 saturated heterocycles. The van der Waals surface area contributed by atoms with Gasteiger partial charge in [-0.3, -0.25) is 0 Å². The number of aryl methyl sites for hydroxylation is 1. The highest BCUT2D eigenvalue weighted by Gasteiger charge is 2.32. The molecule has 1 aromatic carbocycles. The van der Waals surface area contributed by atoms with Crippen molar-refractivity contribution in [1.29, 1.82) is 0 Å². The molecule has 0 amide bonds. The molecule has 1 fully saturated rings. The van der Waals surface area contributed by atoms with Gasteiger partial charge in [0.1, 0.15) is 0 Å². The Morgan fingerprint density at radius 3 is 2.55 bits per heavy atom. The van der Waals surface area contributed by atoms with E-state index in [1.165, 1.54) is 56.4 Å². The van der Waals surface area contributed by atoms with Crippen LogP contribution in [0.25, 0.3) is 0 Å². The standard InChI is InChI=1S/C18H30N2/c1-4-9-18(10-12-19-13-11-18)15-20(3)14-17-8-6-5-7-16(17)2/h5-8,19H,4,9-15H2,1-3H3.